The molecule has 0 amide bonds. The van der Waals surface area contributed by atoms with Crippen molar-refractivity contribution in [1.29, 1.82) is 0 Å². The van der Waals surface area contributed by atoms with Gasteiger partial charge in [0.2, 0.25) is 0 Å². The van der Waals surface area contributed by atoms with Crippen molar-refractivity contribution in [3.8, 4) is 0 Å². The Labute approximate surface area is 141 Å². The zero-order chi connectivity index (χ0) is 17.2. The van der Waals surface area contributed by atoms with E-state index in [0.717, 1.165) is 25.7 Å². The molecule has 4 heteroatoms. The maximum Gasteiger partial charge on any atom is 0.305 e. The van der Waals surface area contributed by atoms with Crippen LogP contribution in [0.15, 0.2) is 12.2 Å². The second-order valence-electron chi connectivity index (χ2n) is 6.15. The van der Waals surface area contributed by atoms with E-state index in [1.807, 2.05) is 0 Å². The van der Waals surface area contributed by atoms with Crippen LogP contribution in [0.2, 0.25) is 0 Å². The van der Waals surface area contributed by atoms with E-state index in [1.165, 1.54) is 44.9 Å². The van der Waals surface area contributed by atoms with Crippen molar-refractivity contribution in [2.45, 2.75) is 90.1 Å². The molecule has 0 aliphatic carbocycles. The van der Waals surface area contributed by atoms with Crippen LogP contribution in [0.4, 0.5) is 0 Å². The summed E-state index contributed by atoms with van der Waals surface area (Å²) in [7, 11) is 0. The van der Waals surface area contributed by atoms with Gasteiger partial charge in [-0.05, 0) is 32.1 Å². The van der Waals surface area contributed by atoms with Crippen molar-refractivity contribution in [3.63, 3.8) is 0 Å². The quantitative estimate of drug-likeness (QED) is 0.254. The Hall–Kier alpha value is -0.870. The molecule has 0 rings (SSSR count). The van der Waals surface area contributed by atoms with E-state index in [2.05, 4.69) is 19.1 Å². The highest BCUT2D eigenvalue weighted by Crippen LogP contribution is 2.09. The molecule has 0 aromatic heterocycles. The van der Waals surface area contributed by atoms with Gasteiger partial charge in [-0.15, -0.1) is 0 Å². The van der Waals surface area contributed by atoms with Gasteiger partial charge >= 0.3 is 5.97 Å². The van der Waals surface area contributed by atoms with Crippen molar-refractivity contribution in [3.05, 3.63) is 12.2 Å². The molecular formula is C19H36O4. The first-order valence-electron chi connectivity index (χ1n) is 9.30. The summed E-state index contributed by atoms with van der Waals surface area (Å²) in [6, 6.07) is 0. The van der Waals surface area contributed by atoms with Gasteiger partial charge in [-0.1, -0.05) is 57.6 Å². The molecule has 0 aromatic carbocycles. The molecule has 0 fully saturated rings. The fourth-order valence-corrected chi connectivity index (χ4v) is 2.30. The average Bonchev–Trinajstić information content (AvgIpc) is 2.56. The van der Waals surface area contributed by atoms with E-state index < -0.39 is 6.10 Å². The SMILES string of the molecule is CCCCCC/C=C\CCCCCCCC(=O)OCC(O)CO. The monoisotopic (exact) mass is 328 g/mol. The minimum absolute atomic E-state index is 0.111. The maximum atomic E-state index is 11.3. The lowest BCUT2D eigenvalue weighted by Crippen LogP contribution is -2.21. The minimum atomic E-state index is -0.960. The van der Waals surface area contributed by atoms with Crippen molar-refractivity contribution >= 4 is 5.97 Å². The Morgan fingerprint density at radius 3 is 2.13 bits per heavy atom. The molecule has 0 aliphatic rings. The number of carbonyl (C=O) groups excluding carboxylic acids is 1. The molecule has 0 spiro atoms. The molecule has 4 nitrogen and oxygen atoms in total. The first-order chi connectivity index (χ1) is 11.2. The van der Waals surface area contributed by atoms with Crippen LogP contribution in [0, 0.1) is 0 Å². The van der Waals surface area contributed by atoms with Crippen molar-refractivity contribution in [1.82, 2.24) is 0 Å². The third kappa shape index (κ3) is 17.3. The van der Waals surface area contributed by atoms with Gasteiger partial charge < -0.3 is 14.9 Å². The summed E-state index contributed by atoms with van der Waals surface area (Å²) in [6.07, 6.45) is 17.2. The Bertz CT molecular complexity index is 289. The van der Waals surface area contributed by atoms with Crippen molar-refractivity contribution in [2.24, 2.45) is 0 Å². The van der Waals surface area contributed by atoms with Crippen LogP contribution < -0.4 is 0 Å². The zero-order valence-electron chi connectivity index (χ0n) is 14.8. The van der Waals surface area contributed by atoms with E-state index in [-0.39, 0.29) is 19.2 Å². The third-order valence-corrected chi connectivity index (χ3v) is 3.79. The van der Waals surface area contributed by atoms with Crippen molar-refractivity contribution < 1.29 is 19.7 Å². The molecule has 1 atom stereocenters. The molecule has 23 heavy (non-hydrogen) atoms. The molecule has 2 N–H and O–H groups in total. The fraction of sp³-hybridized carbons (Fsp3) is 0.842. The van der Waals surface area contributed by atoms with E-state index in [0.29, 0.717) is 6.42 Å². The van der Waals surface area contributed by atoms with Gasteiger partial charge in [0.15, 0.2) is 0 Å². The largest absolute Gasteiger partial charge is 0.463 e. The highest BCUT2D eigenvalue weighted by atomic mass is 16.5. The van der Waals surface area contributed by atoms with Crippen LogP contribution in [-0.4, -0.2) is 35.5 Å². The third-order valence-electron chi connectivity index (χ3n) is 3.79. The average molecular weight is 328 g/mol. The predicted molar refractivity (Wildman–Crippen MR) is 94.3 cm³/mol. The van der Waals surface area contributed by atoms with Gasteiger partial charge in [0.05, 0.1) is 6.61 Å². The summed E-state index contributed by atoms with van der Waals surface area (Å²) in [5.74, 6) is -0.288. The summed E-state index contributed by atoms with van der Waals surface area (Å²) in [6.45, 7) is 1.75. The molecule has 0 aromatic rings. The van der Waals surface area contributed by atoms with Crippen LogP contribution >= 0.6 is 0 Å². The van der Waals surface area contributed by atoms with Gasteiger partial charge in [-0.3, -0.25) is 4.79 Å². The summed E-state index contributed by atoms with van der Waals surface area (Å²) < 4.78 is 4.84. The highest BCUT2D eigenvalue weighted by molar-refractivity contribution is 5.69. The van der Waals surface area contributed by atoms with Gasteiger partial charge in [0.1, 0.15) is 12.7 Å². The number of aliphatic hydroxyl groups is 2. The topological polar surface area (TPSA) is 66.8 Å². The van der Waals surface area contributed by atoms with E-state index in [9.17, 15) is 4.79 Å². The molecule has 0 aliphatic heterocycles. The van der Waals surface area contributed by atoms with Crippen molar-refractivity contribution in [2.75, 3.05) is 13.2 Å². The van der Waals surface area contributed by atoms with Crippen LogP contribution in [0.3, 0.4) is 0 Å². The Morgan fingerprint density at radius 2 is 1.52 bits per heavy atom. The summed E-state index contributed by atoms with van der Waals surface area (Å²) in [5, 5.41) is 17.7. The molecule has 0 bridgehead atoms. The highest BCUT2D eigenvalue weighted by Gasteiger charge is 2.07. The van der Waals surface area contributed by atoms with Crippen LogP contribution in [0.1, 0.15) is 84.0 Å². The number of carbonyl (C=O) groups is 1. The Kier molecular flexibility index (Phi) is 16.8. The molecule has 0 radical (unpaired) electrons. The first kappa shape index (κ1) is 22.1. The first-order valence-corrected chi connectivity index (χ1v) is 9.30. The molecule has 0 saturated carbocycles. The minimum Gasteiger partial charge on any atom is -0.463 e. The summed E-state index contributed by atoms with van der Waals surface area (Å²) in [4.78, 5) is 11.3. The molecular weight excluding hydrogens is 292 g/mol. The number of allylic oxidation sites excluding steroid dienone is 2. The van der Waals surface area contributed by atoms with E-state index in [1.54, 1.807) is 0 Å². The standard InChI is InChI=1S/C19H36O4/c1-2-3-4-5-6-7-8-9-10-11-12-13-14-15-19(22)23-17-18(21)16-20/h7-8,18,20-21H,2-6,9-17H2,1H3/b8-7-. The summed E-state index contributed by atoms with van der Waals surface area (Å²) >= 11 is 0. The number of hydrogen-bond acceptors (Lipinski definition) is 4. The lowest BCUT2D eigenvalue weighted by atomic mass is 10.1. The van der Waals surface area contributed by atoms with Gasteiger partial charge in [-0.25, -0.2) is 0 Å². The lowest BCUT2D eigenvalue weighted by molar-refractivity contribution is -0.147. The molecule has 0 heterocycles. The second kappa shape index (κ2) is 17.5. The number of esters is 1. The number of rotatable bonds is 16. The summed E-state index contributed by atoms with van der Waals surface area (Å²) in [5.41, 5.74) is 0. The lowest BCUT2D eigenvalue weighted by Gasteiger charge is -2.08. The normalized spacial score (nSPS) is 12.7. The smallest absolute Gasteiger partial charge is 0.305 e. The van der Waals surface area contributed by atoms with E-state index >= 15 is 0 Å². The van der Waals surface area contributed by atoms with E-state index in [4.69, 9.17) is 14.9 Å². The van der Waals surface area contributed by atoms with Gasteiger partial charge in [0, 0.05) is 6.42 Å². The number of ether oxygens (including phenoxy) is 1. The molecule has 0 saturated heterocycles. The Balaban J connectivity index is 3.24. The number of aliphatic hydroxyl groups excluding tert-OH is 2. The van der Waals surface area contributed by atoms with Crippen LogP contribution in [-0.2, 0) is 9.53 Å². The molecule has 1 unspecified atom stereocenters. The Morgan fingerprint density at radius 1 is 0.957 bits per heavy atom. The predicted octanol–water partition coefficient (Wildman–Crippen LogP) is 4.14. The van der Waals surface area contributed by atoms with Gasteiger partial charge in [0.25, 0.3) is 0 Å². The second-order valence-corrected chi connectivity index (χ2v) is 6.15. The van der Waals surface area contributed by atoms with Crippen LogP contribution in [0.25, 0.3) is 0 Å². The number of hydrogen-bond donors (Lipinski definition) is 2. The van der Waals surface area contributed by atoms with Crippen LogP contribution in [0.5, 0.6) is 0 Å². The van der Waals surface area contributed by atoms with Gasteiger partial charge in [-0.2, -0.15) is 0 Å². The zero-order valence-corrected chi connectivity index (χ0v) is 14.8. The fourth-order valence-electron chi connectivity index (χ4n) is 2.30. The molecule has 136 valence electrons. The number of unbranched alkanes of at least 4 members (excludes halogenated alkanes) is 9. The maximum absolute atomic E-state index is 11.3.